The molecule has 0 fully saturated rings. The topological polar surface area (TPSA) is 59.0 Å². The van der Waals surface area contributed by atoms with Gasteiger partial charge in [-0.05, 0) is 41.8 Å². The van der Waals surface area contributed by atoms with E-state index in [1.807, 2.05) is 24.3 Å². The van der Waals surface area contributed by atoms with Crippen molar-refractivity contribution in [1.29, 1.82) is 0 Å². The van der Waals surface area contributed by atoms with Crippen LogP contribution in [-0.4, -0.2) is 43.7 Å². The van der Waals surface area contributed by atoms with Crippen molar-refractivity contribution in [3.63, 3.8) is 0 Å². The molecule has 5 heteroatoms. The molecule has 1 unspecified atom stereocenters. The van der Waals surface area contributed by atoms with E-state index < -0.39 is 6.10 Å². The molecule has 25 heavy (non-hydrogen) atoms. The first kappa shape index (κ1) is 18.8. The number of likely N-dealkylation sites (N-methyl/N-ethyl adjacent to an activating group) is 1. The Kier molecular flexibility index (Phi) is 6.83. The van der Waals surface area contributed by atoms with Gasteiger partial charge in [0.15, 0.2) is 0 Å². The molecule has 2 aromatic rings. The van der Waals surface area contributed by atoms with Crippen LogP contribution in [0.5, 0.6) is 11.5 Å². The Morgan fingerprint density at radius 3 is 2.04 bits per heavy atom. The van der Waals surface area contributed by atoms with Crippen molar-refractivity contribution in [2.24, 2.45) is 0 Å². The summed E-state index contributed by atoms with van der Waals surface area (Å²) in [5.41, 5.74) is 1.84. The molecule has 0 aromatic heterocycles. The van der Waals surface area contributed by atoms with Crippen LogP contribution in [0.25, 0.3) is 0 Å². The van der Waals surface area contributed by atoms with Gasteiger partial charge in [-0.15, -0.1) is 0 Å². The van der Waals surface area contributed by atoms with Gasteiger partial charge in [-0.2, -0.15) is 0 Å². The summed E-state index contributed by atoms with van der Waals surface area (Å²) in [6.07, 6.45) is 0.338. The van der Waals surface area contributed by atoms with Gasteiger partial charge in [0.1, 0.15) is 11.5 Å². The van der Waals surface area contributed by atoms with Crippen molar-refractivity contribution in [1.82, 2.24) is 4.90 Å². The first-order valence-corrected chi connectivity index (χ1v) is 8.22. The predicted octanol–water partition coefficient (Wildman–Crippen LogP) is 2.83. The Morgan fingerprint density at radius 1 is 1.00 bits per heavy atom. The van der Waals surface area contributed by atoms with Gasteiger partial charge in [-0.3, -0.25) is 4.79 Å². The number of methoxy groups -OCH3 is 2. The van der Waals surface area contributed by atoms with E-state index in [0.717, 1.165) is 22.6 Å². The Labute approximate surface area is 148 Å². The SMILES string of the molecule is COc1ccc(CCC(=O)N(C)CC(O)c2ccc(OC)cc2)cc1. The lowest BCUT2D eigenvalue weighted by Gasteiger charge is -2.21. The molecular weight excluding hydrogens is 318 g/mol. The minimum absolute atomic E-state index is 0.00313. The smallest absolute Gasteiger partial charge is 0.222 e. The number of hydrogen-bond acceptors (Lipinski definition) is 4. The van der Waals surface area contributed by atoms with E-state index in [-0.39, 0.29) is 12.5 Å². The number of amides is 1. The zero-order valence-corrected chi connectivity index (χ0v) is 14.9. The van der Waals surface area contributed by atoms with Crippen LogP contribution < -0.4 is 9.47 Å². The van der Waals surface area contributed by atoms with E-state index in [2.05, 4.69) is 0 Å². The maximum Gasteiger partial charge on any atom is 0.222 e. The third-order valence-electron chi connectivity index (χ3n) is 4.16. The molecule has 0 spiro atoms. The quantitative estimate of drug-likeness (QED) is 0.801. The second kappa shape index (κ2) is 9.08. The molecule has 0 saturated carbocycles. The summed E-state index contributed by atoms with van der Waals surface area (Å²) < 4.78 is 10.2. The number of benzene rings is 2. The normalized spacial score (nSPS) is 11.7. The molecule has 0 heterocycles. The Bertz CT molecular complexity index is 667. The van der Waals surface area contributed by atoms with Gasteiger partial charge in [0.05, 0.1) is 26.9 Å². The Balaban J connectivity index is 1.83. The number of aryl methyl sites for hydroxylation is 1. The molecule has 2 rings (SSSR count). The van der Waals surface area contributed by atoms with Crippen molar-refractivity contribution in [3.8, 4) is 11.5 Å². The second-order valence-corrected chi connectivity index (χ2v) is 5.91. The van der Waals surface area contributed by atoms with E-state index >= 15 is 0 Å². The largest absolute Gasteiger partial charge is 0.497 e. The second-order valence-electron chi connectivity index (χ2n) is 5.91. The third-order valence-corrected chi connectivity index (χ3v) is 4.16. The van der Waals surface area contributed by atoms with Crippen molar-refractivity contribution >= 4 is 5.91 Å². The van der Waals surface area contributed by atoms with Gasteiger partial charge in [0.2, 0.25) is 5.91 Å². The summed E-state index contributed by atoms with van der Waals surface area (Å²) in [6.45, 7) is 0.258. The number of carbonyl (C=O) groups excluding carboxylic acids is 1. The average molecular weight is 343 g/mol. The number of hydrogen-bond donors (Lipinski definition) is 1. The van der Waals surface area contributed by atoms with Gasteiger partial charge in [0, 0.05) is 13.5 Å². The summed E-state index contributed by atoms with van der Waals surface area (Å²) in [7, 11) is 4.94. The van der Waals surface area contributed by atoms with Crippen molar-refractivity contribution in [2.75, 3.05) is 27.8 Å². The van der Waals surface area contributed by atoms with Crippen LogP contribution in [0.2, 0.25) is 0 Å². The van der Waals surface area contributed by atoms with Crippen LogP contribution in [0.3, 0.4) is 0 Å². The monoisotopic (exact) mass is 343 g/mol. The highest BCUT2D eigenvalue weighted by Crippen LogP contribution is 2.19. The van der Waals surface area contributed by atoms with Gasteiger partial charge in [0.25, 0.3) is 0 Å². The van der Waals surface area contributed by atoms with Crippen LogP contribution in [0.15, 0.2) is 48.5 Å². The number of aliphatic hydroxyl groups excluding tert-OH is 1. The van der Waals surface area contributed by atoms with Crippen LogP contribution in [-0.2, 0) is 11.2 Å². The number of nitrogens with zero attached hydrogens (tertiary/aromatic N) is 1. The third kappa shape index (κ3) is 5.50. The highest BCUT2D eigenvalue weighted by Gasteiger charge is 2.15. The van der Waals surface area contributed by atoms with E-state index in [1.54, 1.807) is 50.4 Å². The number of rotatable bonds is 8. The molecule has 0 saturated heterocycles. The molecule has 1 atom stereocenters. The Morgan fingerprint density at radius 2 is 1.52 bits per heavy atom. The van der Waals surface area contributed by atoms with Gasteiger partial charge in [-0.25, -0.2) is 0 Å². The number of ether oxygens (including phenoxy) is 2. The maximum absolute atomic E-state index is 12.3. The Hall–Kier alpha value is -2.53. The summed E-state index contributed by atoms with van der Waals surface area (Å²) in [5, 5.41) is 10.3. The molecule has 1 N–H and O–H groups in total. The highest BCUT2D eigenvalue weighted by molar-refractivity contribution is 5.76. The molecule has 0 bridgehead atoms. The highest BCUT2D eigenvalue weighted by atomic mass is 16.5. The standard InChI is InChI=1S/C20H25NO4/c1-21(14-19(22)16-7-11-18(25-3)12-8-16)20(23)13-6-15-4-9-17(24-2)10-5-15/h4-5,7-12,19,22H,6,13-14H2,1-3H3. The summed E-state index contributed by atoms with van der Waals surface area (Å²) in [5.74, 6) is 1.54. The maximum atomic E-state index is 12.3. The minimum atomic E-state index is -0.721. The minimum Gasteiger partial charge on any atom is -0.497 e. The van der Waals surface area contributed by atoms with Gasteiger partial charge in [-0.1, -0.05) is 24.3 Å². The molecule has 0 aliphatic carbocycles. The first-order chi connectivity index (χ1) is 12.0. The first-order valence-electron chi connectivity index (χ1n) is 8.22. The van der Waals surface area contributed by atoms with E-state index in [1.165, 1.54) is 0 Å². The summed E-state index contributed by atoms with van der Waals surface area (Å²) in [6, 6.07) is 14.9. The fraction of sp³-hybridized carbons (Fsp3) is 0.350. The molecule has 1 amide bonds. The predicted molar refractivity (Wildman–Crippen MR) is 96.9 cm³/mol. The molecule has 134 valence electrons. The van der Waals surface area contributed by atoms with Crippen LogP contribution in [0.1, 0.15) is 23.7 Å². The summed E-state index contributed by atoms with van der Waals surface area (Å²) >= 11 is 0. The zero-order chi connectivity index (χ0) is 18.2. The van der Waals surface area contributed by atoms with Gasteiger partial charge >= 0.3 is 0 Å². The lowest BCUT2D eigenvalue weighted by molar-refractivity contribution is -0.131. The molecular formula is C20H25NO4. The fourth-order valence-corrected chi connectivity index (χ4v) is 2.53. The van der Waals surface area contributed by atoms with Crippen molar-refractivity contribution in [2.45, 2.75) is 18.9 Å². The molecule has 0 radical (unpaired) electrons. The molecule has 2 aromatic carbocycles. The molecule has 5 nitrogen and oxygen atoms in total. The van der Waals surface area contributed by atoms with Crippen molar-refractivity contribution < 1.29 is 19.4 Å². The lowest BCUT2D eigenvalue weighted by atomic mass is 10.1. The average Bonchev–Trinajstić information content (AvgIpc) is 2.66. The van der Waals surface area contributed by atoms with Crippen LogP contribution in [0.4, 0.5) is 0 Å². The number of carbonyl (C=O) groups is 1. The molecule has 0 aliphatic heterocycles. The summed E-state index contributed by atoms with van der Waals surface area (Å²) in [4.78, 5) is 13.8. The van der Waals surface area contributed by atoms with Crippen LogP contribution in [0, 0.1) is 0 Å². The van der Waals surface area contributed by atoms with E-state index in [4.69, 9.17) is 9.47 Å². The van der Waals surface area contributed by atoms with Crippen LogP contribution >= 0.6 is 0 Å². The van der Waals surface area contributed by atoms with E-state index in [0.29, 0.717) is 12.8 Å². The van der Waals surface area contributed by atoms with E-state index in [9.17, 15) is 9.90 Å². The lowest BCUT2D eigenvalue weighted by Crippen LogP contribution is -2.31. The molecule has 0 aliphatic rings. The van der Waals surface area contributed by atoms with Crippen molar-refractivity contribution in [3.05, 3.63) is 59.7 Å². The number of aliphatic hydroxyl groups is 1. The van der Waals surface area contributed by atoms with Gasteiger partial charge < -0.3 is 19.5 Å². The zero-order valence-electron chi connectivity index (χ0n) is 14.9. The fourth-order valence-electron chi connectivity index (χ4n) is 2.53.